The van der Waals surface area contributed by atoms with E-state index in [2.05, 4.69) is 11.2 Å². The number of terminal acetylenes is 1. The summed E-state index contributed by atoms with van der Waals surface area (Å²) in [5, 5.41) is 3.40. The van der Waals surface area contributed by atoms with Crippen molar-refractivity contribution < 1.29 is 0 Å². The Bertz CT molecular complexity index is 156. The zero-order valence-corrected chi connectivity index (χ0v) is 5.43. The minimum Gasteiger partial charge on any atom is -0.301 e. The van der Waals surface area contributed by atoms with Gasteiger partial charge in [-0.15, -0.1) is 6.42 Å². The second-order valence-electron chi connectivity index (χ2n) is 3.08. The molecule has 48 valence electrons. The van der Waals surface area contributed by atoms with E-state index in [-0.39, 0.29) is 0 Å². The van der Waals surface area contributed by atoms with E-state index in [1.54, 1.807) is 0 Å². The van der Waals surface area contributed by atoms with Crippen LogP contribution in [0.1, 0.15) is 19.3 Å². The van der Waals surface area contributed by atoms with E-state index >= 15 is 0 Å². The Morgan fingerprint density at radius 3 is 2.67 bits per heavy atom. The molecule has 1 saturated carbocycles. The molecule has 1 heteroatoms. The van der Waals surface area contributed by atoms with Gasteiger partial charge in [-0.3, -0.25) is 0 Å². The van der Waals surface area contributed by atoms with E-state index in [4.69, 9.17) is 6.42 Å². The number of fused-ring (bicyclic) bond motifs is 2. The highest BCUT2D eigenvalue weighted by Gasteiger charge is 2.37. The topological polar surface area (TPSA) is 12.0 Å². The van der Waals surface area contributed by atoms with Gasteiger partial charge in [-0.1, -0.05) is 5.92 Å². The van der Waals surface area contributed by atoms with Crippen LogP contribution in [0.25, 0.3) is 0 Å². The van der Waals surface area contributed by atoms with Crippen molar-refractivity contribution in [1.29, 1.82) is 0 Å². The van der Waals surface area contributed by atoms with Crippen LogP contribution in [0.5, 0.6) is 0 Å². The Hall–Kier alpha value is -0.480. The Morgan fingerprint density at radius 1 is 1.44 bits per heavy atom. The second kappa shape index (κ2) is 1.75. The highest BCUT2D eigenvalue weighted by molar-refractivity contribution is 5.10. The molecule has 0 aromatic rings. The molecule has 3 unspecified atom stereocenters. The molecule has 1 N–H and O–H groups in total. The van der Waals surface area contributed by atoms with Gasteiger partial charge in [0.15, 0.2) is 0 Å². The van der Waals surface area contributed by atoms with Gasteiger partial charge in [-0.2, -0.15) is 0 Å². The number of rotatable bonds is 0. The Kier molecular flexibility index (Phi) is 1.03. The third kappa shape index (κ3) is 0.668. The maximum absolute atomic E-state index is 5.31. The summed E-state index contributed by atoms with van der Waals surface area (Å²) in [5.74, 6) is 3.59. The molecule has 1 aliphatic carbocycles. The van der Waals surface area contributed by atoms with Crippen LogP contribution in [0.15, 0.2) is 0 Å². The van der Waals surface area contributed by atoms with Gasteiger partial charge in [0.05, 0.1) is 6.04 Å². The lowest BCUT2D eigenvalue weighted by atomic mass is 10.0. The number of nitrogens with one attached hydrogen (secondary N) is 1. The SMILES string of the molecule is C#CC1NC2CCC1C2. The molecule has 2 rings (SSSR count). The van der Waals surface area contributed by atoms with Gasteiger partial charge in [0.25, 0.3) is 0 Å². The largest absolute Gasteiger partial charge is 0.301 e. The van der Waals surface area contributed by atoms with Crippen LogP contribution in [-0.2, 0) is 0 Å². The maximum atomic E-state index is 5.31. The van der Waals surface area contributed by atoms with Gasteiger partial charge in [-0.25, -0.2) is 0 Å². The van der Waals surface area contributed by atoms with Crippen molar-refractivity contribution in [3.8, 4) is 12.3 Å². The van der Waals surface area contributed by atoms with E-state index in [1.807, 2.05) is 0 Å². The van der Waals surface area contributed by atoms with Gasteiger partial charge in [0, 0.05) is 6.04 Å². The first kappa shape index (κ1) is 5.32. The maximum Gasteiger partial charge on any atom is 0.0718 e. The summed E-state index contributed by atoms with van der Waals surface area (Å²) in [7, 11) is 0. The highest BCUT2D eigenvalue weighted by atomic mass is 15.0. The fourth-order valence-electron chi connectivity index (χ4n) is 2.04. The van der Waals surface area contributed by atoms with Crippen molar-refractivity contribution in [3.63, 3.8) is 0 Å². The molecule has 1 nitrogen and oxygen atoms in total. The number of piperidine rings is 1. The van der Waals surface area contributed by atoms with Crippen molar-refractivity contribution in [2.75, 3.05) is 0 Å². The normalized spacial score (nSPS) is 47.2. The molecule has 0 spiro atoms. The van der Waals surface area contributed by atoms with Crippen molar-refractivity contribution in [2.45, 2.75) is 31.3 Å². The number of hydrogen-bond acceptors (Lipinski definition) is 1. The fourth-order valence-corrected chi connectivity index (χ4v) is 2.04. The Labute approximate surface area is 55.8 Å². The molecule has 0 amide bonds. The quantitative estimate of drug-likeness (QED) is 0.466. The summed E-state index contributed by atoms with van der Waals surface area (Å²) in [5.41, 5.74) is 0. The van der Waals surface area contributed by atoms with E-state index in [1.165, 1.54) is 19.3 Å². The highest BCUT2D eigenvalue weighted by Crippen LogP contribution is 2.34. The van der Waals surface area contributed by atoms with Crippen LogP contribution in [0.4, 0.5) is 0 Å². The van der Waals surface area contributed by atoms with Crippen LogP contribution in [-0.4, -0.2) is 12.1 Å². The average Bonchev–Trinajstić information content (AvgIpc) is 2.45. The monoisotopic (exact) mass is 121 g/mol. The van der Waals surface area contributed by atoms with Crippen molar-refractivity contribution in [2.24, 2.45) is 5.92 Å². The smallest absolute Gasteiger partial charge is 0.0718 e. The molecule has 0 radical (unpaired) electrons. The van der Waals surface area contributed by atoms with E-state index in [0.29, 0.717) is 6.04 Å². The lowest BCUT2D eigenvalue weighted by Crippen LogP contribution is -2.33. The van der Waals surface area contributed by atoms with Crippen LogP contribution < -0.4 is 5.32 Å². The first-order valence-electron chi connectivity index (χ1n) is 3.62. The van der Waals surface area contributed by atoms with Gasteiger partial charge in [0.2, 0.25) is 0 Å². The molecule has 0 aromatic carbocycles. The molecule has 1 saturated heterocycles. The summed E-state index contributed by atoms with van der Waals surface area (Å²) in [6.45, 7) is 0. The minimum absolute atomic E-state index is 0.406. The summed E-state index contributed by atoms with van der Waals surface area (Å²) in [4.78, 5) is 0. The van der Waals surface area contributed by atoms with Crippen molar-refractivity contribution in [1.82, 2.24) is 5.32 Å². The lowest BCUT2D eigenvalue weighted by molar-refractivity contribution is 0.446. The zero-order valence-electron chi connectivity index (χ0n) is 5.43. The molecule has 2 bridgehead atoms. The third-order valence-corrected chi connectivity index (χ3v) is 2.54. The van der Waals surface area contributed by atoms with E-state index in [0.717, 1.165) is 12.0 Å². The van der Waals surface area contributed by atoms with Crippen LogP contribution in [0.3, 0.4) is 0 Å². The van der Waals surface area contributed by atoms with Gasteiger partial charge >= 0.3 is 0 Å². The van der Waals surface area contributed by atoms with Crippen LogP contribution in [0.2, 0.25) is 0 Å². The molecule has 1 heterocycles. The summed E-state index contributed by atoms with van der Waals surface area (Å²) < 4.78 is 0. The van der Waals surface area contributed by atoms with Gasteiger partial charge in [0.1, 0.15) is 0 Å². The first-order valence-corrected chi connectivity index (χ1v) is 3.62. The van der Waals surface area contributed by atoms with Crippen molar-refractivity contribution >= 4 is 0 Å². The molecular weight excluding hydrogens is 110 g/mol. The summed E-state index contributed by atoms with van der Waals surface area (Å²) >= 11 is 0. The standard InChI is InChI=1S/C8H11N/c1-2-8-6-3-4-7(5-6)9-8/h1,6-9H,3-5H2. The van der Waals surface area contributed by atoms with Crippen LogP contribution >= 0.6 is 0 Å². The average molecular weight is 121 g/mol. The van der Waals surface area contributed by atoms with Crippen LogP contribution in [0, 0.1) is 18.3 Å². The summed E-state index contributed by atoms with van der Waals surface area (Å²) in [6.07, 6.45) is 9.34. The minimum atomic E-state index is 0.406. The second-order valence-corrected chi connectivity index (χ2v) is 3.08. The van der Waals surface area contributed by atoms with Crippen molar-refractivity contribution in [3.05, 3.63) is 0 Å². The number of hydrogen-bond donors (Lipinski definition) is 1. The Morgan fingerprint density at radius 2 is 2.33 bits per heavy atom. The molecule has 9 heavy (non-hydrogen) atoms. The Balaban J connectivity index is 2.12. The van der Waals surface area contributed by atoms with E-state index < -0.39 is 0 Å². The molecule has 0 aromatic heterocycles. The van der Waals surface area contributed by atoms with Gasteiger partial charge < -0.3 is 5.32 Å². The molecule has 1 aliphatic heterocycles. The molecular formula is C8H11N. The van der Waals surface area contributed by atoms with Gasteiger partial charge in [-0.05, 0) is 25.2 Å². The zero-order chi connectivity index (χ0) is 6.27. The lowest BCUT2D eigenvalue weighted by Gasteiger charge is -2.16. The van der Waals surface area contributed by atoms with E-state index in [9.17, 15) is 0 Å². The molecule has 2 aliphatic rings. The molecule has 2 fully saturated rings. The molecule has 3 atom stereocenters. The third-order valence-electron chi connectivity index (χ3n) is 2.54. The first-order chi connectivity index (χ1) is 4.40. The predicted molar refractivity (Wildman–Crippen MR) is 36.9 cm³/mol. The predicted octanol–water partition coefficient (Wildman–Crippen LogP) is 0.760. The fraction of sp³-hybridized carbons (Fsp3) is 0.750. The summed E-state index contributed by atoms with van der Waals surface area (Å²) in [6, 6.07) is 1.17.